The number of hydrogen-bond donors (Lipinski definition) is 2. The lowest BCUT2D eigenvalue weighted by molar-refractivity contribution is -0.150. The van der Waals surface area contributed by atoms with E-state index in [2.05, 4.69) is 24.5 Å². The molecular weight excluding hydrogens is 276 g/mol. The molecule has 124 valence electrons. The van der Waals surface area contributed by atoms with Gasteiger partial charge in [0.25, 0.3) is 0 Å². The van der Waals surface area contributed by atoms with E-state index in [4.69, 9.17) is 0 Å². The molecule has 0 spiro atoms. The maximum absolute atomic E-state index is 12.8. The largest absolute Gasteiger partial charge is 0.352 e. The molecule has 3 rings (SSSR count). The Morgan fingerprint density at radius 3 is 1.50 bits per heavy atom. The van der Waals surface area contributed by atoms with Crippen LogP contribution >= 0.6 is 0 Å². The van der Waals surface area contributed by atoms with Crippen molar-refractivity contribution in [2.45, 2.75) is 83.7 Å². The van der Waals surface area contributed by atoms with E-state index < -0.39 is 5.41 Å². The predicted molar refractivity (Wildman–Crippen MR) is 86.2 cm³/mol. The summed E-state index contributed by atoms with van der Waals surface area (Å²) in [6.07, 6.45) is 9.28. The fourth-order valence-corrected chi connectivity index (χ4v) is 4.42. The van der Waals surface area contributed by atoms with Crippen molar-refractivity contribution in [1.82, 2.24) is 10.6 Å². The molecule has 0 aromatic heterocycles. The van der Waals surface area contributed by atoms with Crippen LogP contribution < -0.4 is 10.6 Å². The molecule has 0 unspecified atom stereocenters. The minimum absolute atomic E-state index is 0.0133. The van der Waals surface area contributed by atoms with Gasteiger partial charge in [-0.1, -0.05) is 33.1 Å². The average Bonchev–Trinajstić information content (AvgIpc) is 2.99. The lowest BCUT2D eigenvalue weighted by Gasteiger charge is -2.40. The van der Waals surface area contributed by atoms with E-state index in [-0.39, 0.29) is 23.9 Å². The summed E-state index contributed by atoms with van der Waals surface area (Å²) in [7, 11) is 0. The Hall–Kier alpha value is -1.06. The van der Waals surface area contributed by atoms with Gasteiger partial charge < -0.3 is 10.6 Å². The summed E-state index contributed by atoms with van der Waals surface area (Å²) in [5, 5.41) is 6.38. The van der Waals surface area contributed by atoms with Gasteiger partial charge in [0, 0.05) is 12.1 Å². The zero-order valence-corrected chi connectivity index (χ0v) is 14.0. The highest BCUT2D eigenvalue weighted by Gasteiger charge is 2.52. The Kier molecular flexibility index (Phi) is 4.47. The molecule has 0 radical (unpaired) electrons. The van der Waals surface area contributed by atoms with Gasteiger partial charge in [0.15, 0.2) is 0 Å². The van der Waals surface area contributed by atoms with E-state index in [0.29, 0.717) is 24.7 Å². The van der Waals surface area contributed by atoms with Crippen LogP contribution in [0.5, 0.6) is 0 Å². The first-order valence-corrected chi connectivity index (χ1v) is 9.15. The van der Waals surface area contributed by atoms with E-state index in [0.717, 1.165) is 19.3 Å². The van der Waals surface area contributed by atoms with Gasteiger partial charge in [-0.15, -0.1) is 0 Å². The first-order chi connectivity index (χ1) is 10.5. The normalized spacial score (nSPS) is 36.6. The summed E-state index contributed by atoms with van der Waals surface area (Å²) < 4.78 is 0. The minimum atomic E-state index is -0.773. The summed E-state index contributed by atoms with van der Waals surface area (Å²) in [6.45, 7) is 4.40. The third-order valence-corrected chi connectivity index (χ3v) is 6.43. The van der Waals surface area contributed by atoms with Gasteiger partial charge in [-0.25, -0.2) is 0 Å². The van der Waals surface area contributed by atoms with Gasteiger partial charge >= 0.3 is 0 Å². The predicted octanol–water partition coefficient (Wildman–Crippen LogP) is 2.77. The molecule has 0 aromatic rings. The van der Waals surface area contributed by atoms with Crippen LogP contribution in [0.2, 0.25) is 0 Å². The topological polar surface area (TPSA) is 58.2 Å². The van der Waals surface area contributed by atoms with Crippen LogP contribution in [0.1, 0.15) is 71.6 Å². The monoisotopic (exact) mass is 306 g/mol. The van der Waals surface area contributed by atoms with Crippen LogP contribution in [0.15, 0.2) is 0 Å². The van der Waals surface area contributed by atoms with Crippen molar-refractivity contribution in [3.63, 3.8) is 0 Å². The lowest BCUT2D eigenvalue weighted by atomic mass is 9.67. The molecule has 4 nitrogen and oxygen atoms in total. The molecular formula is C18H30N2O2. The van der Waals surface area contributed by atoms with Crippen molar-refractivity contribution < 1.29 is 9.59 Å². The molecule has 3 saturated carbocycles. The van der Waals surface area contributed by atoms with Crippen molar-refractivity contribution in [2.24, 2.45) is 17.3 Å². The highest BCUT2D eigenvalue weighted by atomic mass is 16.2. The SMILES string of the molecule is C[C@@H]1CCC[C@@H]1NC(=O)C1(C(=O)N[C@H]2CCC[C@@H]2C)CCC1. The Morgan fingerprint density at radius 1 is 0.773 bits per heavy atom. The first-order valence-electron chi connectivity index (χ1n) is 9.15. The average molecular weight is 306 g/mol. The van der Waals surface area contributed by atoms with Gasteiger partial charge in [0.1, 0.15) is 5.41 Å². The molecule has 0 bridgehead atoms. The Morgan fingerprint density at radius 2 is 1.23 bits per heavy atom. The molecule has 2 amide bonds. The molecule has 0 saturated heterocycles. The standard InChI is InChI=1S/C18H30N2O2/c1-12-6-3-8-14(12)19-16(21)18(10-5-11-18)17(22)20-15-9-4-7-13(15)2/h12-15H,3-11H2,1-2H3,(H,19,21)(H,20,22)/t12-,13+,14-,15-/m0/s1. The first kappa shape index (κ1) is 15.8. The molecule has 0 aliphatic heterocycles. The van der Waals surface area contributed by atoms with Gasteiger partial charge in [-0.2, -0.15) is 0 Å². The summed E-state index contributed by atoms with van der Waals surface area (Å²) in [4.78, 5) is 25.5. The van der Waals surface area contributed by atoms with Gasteiger partial charge in [-0.05, 0) is 50.4 Å². The zero-order valence-electron chi connectivity index (χ0n) is 14.0. The number of rotatable bonds is 4. The van der Waals surface area contributed by atoms with E-state index in [9.17, 15) is 9.59 Å². The Labute approximate surface area is 133 Å². The number of hydrogen-bond acceptors (Lipinski definition) is 2. The molecule has 3 fully saturated rings. The number of amides is 2. The third kappa shape index (κ3) is 2.77. The second kappa shape index (κ2) is 6.21. The zero-order chi connectivity index (χ0) is 15.7. The van der Waals surface area contributed by atoms with Crippen LogP contribution in [0.25, 0.3) is 0 Å². The second-order valence-corrected chi connectivity index (χ2v) is 7.91. The minimum Gasteiger partial charge on any atom is -0.352 e. The summed E-state index contributed by atoms with van der Waals surface area (Å²) in [6, 6.07) is 0.534. The van der Waals surface area contributed by atoms with E-state index in [1.54, 1.807) is 0 Å². The molecule has 0 aromatic carbocycles. The van der Waals surface area contributed by atoms with Crippen molar-refractivity contribution in [3.05, 3.63) is 0 Å². The van der Waals surface area contributed by atoms with Crippen molar-refractivity contribution in [2.75, 3.05) is 0 Å². The molecule has 4 heteroatoms. The van der Waals surface area contributed by atoms with Crippen molar-refractivity contribution in [3.8, 4) is 0 Å². The third-order valence-electron chi connectivity index (χ3n) is 6.43. The molecule has 4 atom stereocenters. The highest BCUT2D eigenvalue weighted by Crippen LogP contribution is 2.42. The van der Waals surface area contributed by atoms with Gasteiger partial charge in [0.05, 0.1) is 0 Å². The number of carbonyl (C=O) groups excluding carboxylic acids is 2. The molecule has 0 heterocycles. The van der Waals surface area contributed by atoms with Gasteiger partial charge in [-0.3, -0.25) is 9.59 Å². The van der Waals surface area contributed by atoms with E-state index in [1.807, 2.05) is 0 Å². The van der Waals surface area contributed by atoms with Gasteiger partial charge in [0.2, 0.25) is 11.8 Å². The molecule has 2 N–H and O–H groups in total. The second-order valence-electron chi connectivity index (χ2n) is 7.91. The van der Waals surface area contributed by atoms with Crippen molar-refractivity contribution >= 4 is 11.8 Å². The quantitative estimate of drug-likeness (QED) is 0.785. The number of carbonyl (C=O) groups is 2. The van der Waals surface area contributed by atoms with Crippen LogP contribution in [0.4, 0.5) is 0 Å². The highest BCUT2D eigenvalue weighted by molar-refractivity contribution is 6.06. The molecule has 22 heavy (non-hydrogen) atoms. The van der Waals surface area contributed by atoms with Crippen LogP contribution in [-0.4, -0.2) is 23.9 Å². The Bertz CT molecular complexity index is 408. The lowest BCUT2D eigenvalue weighted by Crippen LogP contribution is -2.58. The smallest absolute Gasteiger partial charge is 0.235 e. The maximum Gasteiger partial charge on any atom is 0.235 e. The fraction of sp³-hybridized carbons (Fsp3) is 0.889. The molecule has 3 aliphatic rings. The van der Waals surface area contributed by atoms with E-state index in [1.165, 1.54) is 25.7 Å². The van der Waals surface area contributed by atoms with Crippen LogP contribution in [0.3, 0.4) is 0 Å². The summed E-state index contributed by atoms with van der Waals surface area (Å²) in [5.74, 6) is 1.05. The maximum atomic E-state index is 12.8. The van der Waals surface area contributed by atoms with E-state index >= 15 is 0 Å². The Balaban J connectivity index is 1.63. The summed E-state index contributed by atoms with van der Waals surface area (Å²) >= 11 is 0. The summed E-state index contributed by atoms with van der Waals surface area (Å²) in [5.41, 5.74) is -0.773. The van der Waals surface area contributed by atoms with Crippen molar-refractivity contribution in [1.29, 1.82) is 0 Å². The molecule has 3 aliphatic carbocycles. The fourth-order valence-electron chi connectivity index (χ4n) is 4.42. The number of nitrogens with one attached hydrogen (secondary N) is 2. The van der Waals surface area contributed by atoms with Crippen LogP contribution in [0, 0.1) is 17.3 Å². The van der Waals surface area contributed by atoms with Crippen LogP contribution in [-0.2, 0) is 9.59 Å².